The second kappa shape index (κ2) is 6.72. The lowest BCUT2D eigenvalue weighted by Crippen LogP contribution is -2.29. The zero-order chi connectivity index (χ0) is 19.1. The Morgan fingerprint density at radius 1 is 1.04 bits per heavy atom. The number of methoxy groups -OCH3 is 3. The second-order valence-corrected chi connectivity index (χ2v) is 7.12. The van der Waals surface area contributed by atoms with Gasteiger partial charge in [0.25, 0.3) is 0 Å². The highest BCUT2D eigenvalue weighted by Gasteiger charge is 2.40. The molecule has 0 amide bonds. The fourth-order valence-electron chi connectivity index (χ4n) is 4.49. The zero-order valence-corrected chi connectivity index (χ0v) is 16.1. The Kier molecular flexibility index (Phi) is 4.38. The number of benzene rings is 2. The summed E-state index contributed by atoms with van der Waals surface area (Å²) < 4.78 is 16.5. The van der Waals surface area contributed by atoms with Crippen molar-refractivity contribution in [2.24, 2.45) is 5.92 Å². The zero-order valence-electron chi connectivity index (χ0n) is 16.1. The predicted molar refractivity (Wildman–Crippen MR) is 105 cm³/mol. The van der Waals surface area contributed by atoms with Gasteiger partial charge in [-0.2, -0.15) is 0 Å². The topological polar surface area (TPSA) is 60.0 Å². The molecule has 0 saturated carbocycles. The summed E-state index contributed by atoms with van der Waals surface area (Å²) in [5, 5.41) is 14.1. The van der Waals surface area contributed by atoms with Gasteiger partial charge in [-0.3, -0.25) is 0 Å². The van der Waals surface area contributed by atoms with E-state index in [1.807, 2.05) is 18.2 Å². The van der Waals surface area contributed by atoms with Crippen LogP contribution in [0.3, 0.4) is 0 Å². The molecular weight excluding hydrogens is 342 g/mol. The molecule has 2 N–H and O–H groups in total. The third-order valence-corrected chi connectivity index (χ3v) is 5.76. The summed E-state index contributed by atoms with van der Waals surface area (Å²) in [4.78, 5) is 0. The second-order valence-electron chi connectivity index (χ2n) is 7.12. The van der Waals surface area contributed by atoms with E-state index in [9.17, 15) is 5.11 Å². The lowest BCUT2D eigenvalue weighted by Gasteiger charge is -2.38. The van der Waals surface area contributed by atoms with Crippen LogP contribution in [0.4, 0.5) is 5.69 Å². The Labute approximate surface area is 159 Å². The third-order valence-electron chi connectivity index (χ3n) is 5.76. The van der Waals surface area contributed by atoms with Gasteiger partial charge < -0.3 is 24.6 Å². The number of rotatable bonds is 4. The van der Waals surface area contributed by atoms with Crippen LogP contribution in [0.15, 0.2) is 36.4 Å². The number of hydrogen-bond acceptors (Lipinski definition) is 5. The summed E-state index contributed by atoms with van der Waals surface area (Å²) >= 11 is 0. The van der Waals surface area contributed by atoms with Crippen LogP contribution in [0.5, 0.6) is 23.0 Å². The molecule has 2 aromatic rings. The SMILES string of the molecule is COc1cc(C2Nc3c(O)ccc(C)c3C3C=CCC32)cc(OC)c1OC. The molecule has 4 rings (SSSR count). The molecule has 2 aliphatic rings. The van der Waals surface area contributed by atoms with E-state index >= 15 is 0 Å². The van der Waals surface area contributed by atoms with E-state index in [2.05, 4.69) is 24.4 Å². The number of allylic oxidation sites excluding steroid dienone is 2. The van der Waals surface area contributed by atoms with Crippen molar-refractivity contribution in [1.29, 1.82) is 0 Å². The van der Waals surface area contributed by atoms with Crippen LogP contribution in [0.25, 0.3) is 0 Å². The first-order chi connectivity index (χ1) is 13.1. The Bertz CT molecular complexity index is 880. The quantitative estimate of drug-likeness (QED) is 0.613. The highest BCUT2D eigenvalue weighted by Crippen LogP contribution is 2.54. The maximum Gasteiger partial charge on any atom is 0.203 e. The van der Waals surface area contributed by atoms with E-state index in [4.69, 9.17) is 14.2 Å². The van der Waals surface area contributed by atoms with Crippen LogP contribution >= 0.6 is 0 Å². The van der Waals surface area contributed by atoms with E-state index in [0.717, 1.165) is 17.7 Å². The highest BCUT2D eigenvalue weighted by molar-refractivity contribution is 5.70. The number of aromatic hydroxyl groups is 1. The number of aryl methyl sites for hydroxylation is 1. The maximum atomic E-state index is 10.5. The monoisotopic (exact) mass is 367 g/mol. The van der Waals surface area contributed by atoms with E-state index in [-0.39, 0.29) is 17.7 Å². The van der Waals surface area contributed by atoms with E-state index in [1.54, 1.807) is 27.4 Å². The summed E-state index contributed by atoms with van der Waals surface area (Å²) in [6.45, 7) is 2.10. The van der Waals surface area contributed by atoms with Crippen molar-refractivity contribution < 1.29 is 19.3 Å². The fraction of sp³-hybridized carbons (Fsp3) is 0.364. The first-order valence-electron chi connectivity index (χ1n) is 9.14. The number of nitrogens with one attached hydrogen (secondary N) is 1. The van der Waals surface area contributed by atoms with E-state index < -0.39 is 0 Å². The smallest absolute Gasteiger partial charge is 0.203 e. The van der Waals surface area contributed by atoms with Crippen molar-refractivity contribution in [2.75, 3.05) is 26.6 Å². The average molecular weight is 367 g/mol. The van der Waals surface area contributed by atoms with Crippen molar-refractivity contribution in [2.45, 2.75) is 25.3 Å². The summed E-state index contributed by atoms with van der Waals surface area (Å²) in [6, 6.07) is 7.75. The minimum Gasteiger partial charge on any atom is -0.506 e. The van der Waals surface area contributed by atoms with Gasteiger partial charge in [0.15, 0.2) is 11.5 Å². The van der Waals surface area contributed by atoms with Crippen molar-refractivity contribution in [3.8, 4) is 23.0 Å². The molecule has 1 aliphatic heterocycles. The van der Waals surface area contributed by atoms with Gasteiger partial charge in [-0.05, 0) is 54.2 Å². The number of phenols is 1. The number of hydrogen-bond donors (Lipinski definition) is 2. The molecule has 27 heavy (non-hydrogen) atoms. The van der Waals surface area contributed by atoms with Crippen molar-refractivity contribution in [3.63, 3.8) is 0 Å². The molecule has 1 heterocycles. The summed E-state index contributed by atoms with van der Waals surface area (Å²) in [5.74, 6) is 2.77. The minimum absolute atomic E-state index is 0.0268. The third kappa shape index (κ3) is 2.69. The molecule has 5 heteroatoms. The Morgan fingerprint density at radius 2 is 1.74 bits per heavy atom. The molecule has 0 spiro atoms. The molecule has 0 fully saturated rings. The Hall–Kier alpha value is -2.82. The molecule has 3 atom stereocenters. The van der Waals surface area contributed by atoms with Crippen LogP contribution in [0, 0.1) is 12.8 Å². The van der Waals surface area contributed by atoms with Crippen molar-refractivity contribution >= 4 is 5.69 Å². The first-order valence-corrected chi connectivity index (χ1v) is 9.14. The van der Waals surface area contributed by atoms with Gasteiger partial charge in [0, 0.05) is 5.92 Å². The van der Waals surface area contributed by atoms with Crippen molar-refractivity contribution in [1.82, 2.24) is 0 Å². The molecule has 2 aromatic carbocycles. The lowest BCUT2D eigenvalue weighted by molar-refractivity contribution is 0.322. The molecule has 0 aromatic heterocycles. The number of phenolic OH excluding ortho intramolecular Hbond substituents is 1. The summed E-state index contributed by atoms with van der Waals surface area (Å²) in [5.41, 5.74) is 4.26. The molecule has 3 unspecified atom stereocenters. The fourth-order valence-corrected chi connectivity index (χ4v) is 4.49. The van der Waals surface area contributed by atoms with Crippen LogP contribution in [-0.4, -0.2) is 26.4 Å². The Morgan fingerprint density at radius 3 is 2.37 bits per heavy atom. The van der Waals surface area contributed by atoms with Crippen LogP contribution in [0.2, 0.25) is 0 Å². The normalized spacial score (nSPS) is 22.6. The minimum atomic E-state index is 0.0268. The lowest BCUT2D eigenvalue weighted by atomic mass is 9.75. The van der Waals surface area contributed by atoms with Gasteiger partial charge in [0.05, 0.1) is 33.1 Å². The molecule has 0 saturated heterocycles. The first kappa shape index (κ1) is 17.6. The molecular formula is C22H25NO4. The molecule has 0 radical (unpaired) electrons. The van der Waals surface area contributed by atoms with Gasteiger partial charge in [0.2, 0.25) is 5.75 Å². The standard InChI is InChI=1S/C22H25NO4/c1-12-8-9-16(24)21-19(12)14-6-5-7-15(14)20(23-21)13-10-17(25-2)22(27-4)18(11-13)26-3/h5-6,8-11,14-15,20,23-24H,7H2,1-4H3. The molecule has 1 aliphatic carbocycles. The maximum absolute atomic E-state index is 10.5. The van der Waals surface area contributed by atoms with Crippen LogP contribution < -0.4 is 19.5 Å². The van der Waals surface area contributed by atoms with E-state index in [1.165, 1.54) is 11.1 Å². The predicted octanol–water partition coefficient (Wildman–Crippen LogP) is 4.55. The Balaban J connectivity index is 1.85. The number of fused-ring (bicyclic) bond motifs is 3. The van der Waals surface area contributed by atoms with E-state index in [0.29, 0.717) is 23.2 Å². The summed E-state index contributed by atoms with van der Waals surface area (Å²) in [6.07, 6.45) is 5.48. The van der Waals surface area contributed by atoms with Crippen molar-refractivity contribution in [3.05, 3.63) is 53.1 Å². The van der Waals surface area contributed by atoms with Crippen LogP contribution in [0.1, 0.15) is 35.1 Å². The van der Waals surface area contributed by atoms with Gasteiger partial charge in [0.1, 0.15) is 5.75 Å². The van der Waals surface area contributed by atoms with Gasteiger partial charge in [-0.15, -0.1) is 0 Å². The number of ether oxygens (including phenoxy) is 3. The van der Waals surface area contributed by atoms with Gasteiger partial charge in [-0.25, -0.2) is 0 Å². The van der Waals surface area contributed by atoms with Crippen LogP contribution in [-0.2, 0) is 0 Å². The number of anilines is 1. The highest BCUT2D eigenvalue weighted by atomic mass is 16.5. The molecule has 0 bridgehead atoms. The largest absolute Gasteiger partial charge is 0.506 e. The summed E-state index contributed by atoms with van der Waals surface area (Å²) in [7, 11) is 4.85. The molecule has 5 nitrogen and oxygen atoms in total. The van der Waals surface area contributed by atoms with Gasteiger partial charge >= 0.3 is 0 Å². The molecule has 142 valence electrons. The van der Waals surface area contributed by atoms with Gasteiger partial charge in [-0.1, -0.05) is 18.2 Å². The average Bonchev–Trinajstić information content (AvgIpc) is 3.18.